The number of hydrogen-bond donors (Lipinski definition) is 1. The predicted molar refractivity (Wildman–Crippen MR) is 98.9 cm³/mol. The highest BCUT2D eigenvalue weighted by Crippen LogP contribution is 2.25. The number of benzene rings is 2. The summed E-state index contributed by atoms with van der Waals surface area (Å²) in [6.45, 7) is 1.10. The van der Waals surface area contributed by atoms with Gasteiger partial charge in [-0.05, 0) is 30.7 Å². The Hall–Kier alpha value is -2.82. The number of carbonyl (C=O) groups is 2. The van der Waals surface area contributed by atoms with Crippen LogP contribution in [0.25, 0.3) is 0 Å². The minimum absolute atomic E-state index is 0.0342. The molecule has 1 heterocycles. The van der Waals surface area contributed by atoms with Gasteiger partial charge in [0.25, 0.3) is 5.91 Å². The molecule has 1 aliphatic rings. The number of amides is 2. The molecule has 1 unspecified atom stereocenters. The number of rotatable bonds is 4. The quantitative estimate of drug-likeness (QED) is 0.933. The Morgan fingerprint density at radius 3 is 2.44 bits per heavy atom. The SMILES string of the molecule is CN(C)C(=O)C1CCN(C(=O)c2ccccc2Nc2ccccc2)C1. The third kappa shape index (κ3) is 3.82. The van der Waals surface area contributed by atoms with E-state index in [1.807, 2.05) is 54.6 Å². The maximum absolute atomic E-state index is 13.0. The van der Waals surface area contributed by atoms with Crippen molar-refractivity contribution in [2.75, 3.05) is 32.5 Å². The van der Waals surface area contributed by atoms with Crippen LogP contribution in [0.4, 0.5) is 11.4 Å². The zero-order valence-corrected chi connectivity index (χ0v) is 14.6. The van der Waals surface area contributed by atoms with Gasteiger partial charge in [0, 0.05) is 32.9 Å². The van der Waals surface area contributed by atoms with Gasteiger partial charge in [0.05, 0.1) is 17.2 Å². The minimum atomic E-state index is -0.104. The third-order valence-corrected chi connectivity index (χ3v) is 4.48. The van der Waals surface area contributed by atoms with Gasteiger partial charge in [-0.15, -0.1) is 0 Å². The molecule has 0 aliphatic carbocycles. The van der Waals surface area contributed by atoms with E-state index in [-0.39, 0.29) is 17.7 Å². The fourth-order valence-electron chi connectivity index (χ4n) is 3.14. The van der Waals surface area contributed by atoms with E-state index in [2.05, 4.69) is 5.32 Å². The Morgan fingerprint density at radius 1 is 1.04 bits per heavy atom. The van der Waals surface area contributed by atoms with Crippen LogP contribution in [0.15, 0.2) is 54.6 Å². The summed E-state index contributed by atoms with van der Waals surface area (Å²) in [4.78, 5) is 28.5. The highest BCUT2D eigenvalue weighted by molar-refractivity contribution is 6.00. The van der Waals surface area contributed by atoms with Crippen LogP contribution in [0.3, 0.4) is 0 Å². The first-order valence-electron chi connectivity index (χ1n) is 8.48. The average Bonchev–Trinajstić information content (AvgIpc) is 3.12. The maximum Gasteiger partial charge on any atom is 0.255 e. The topological polar surface area (TPSA) is 52.7 Å². The first-order chi connectivity index (χ1) is 12.1. The fraction of sp³-hybridized carbons (Fsp3) is 0.300. The summed E-state index contributed by atoms with van der Waals surface area (Å²) in [6, 6.07) is 17.3. The van der Waals surface area contributed by atoms with Crippen molar-refractivity contribution in [2.24, 2.45) is 5.92 Å². The van der Waals surface area contributed by atoms with Crippen LogP contribution in [-0.4, -0.2) is 48.8 Å². The molecular weight excluding hydrogens is 314 g/mol. The van der Waals surface area contributed by atoms with Crippen LogP contribution in [0, 0.1) is 5.92 Å². The van der Waals surface area contributed by atoms with Crippen molar-refractivity contribution in [3.8, 4) is 0 Å². The van der Waals surface area contributed by atoms with Crippen LogP contribution in [0.5, 0.6) is 0 Å². The normalized spacial score (nSPS) is 16.6. The number of nitrogens with one attached hydrogen (secondary N) is 1. The Balaban J connectivity index is 1.76. The lowest BCUT2D eigenvalue weighted by atomic mass is 10.1. The lowest BCUT2D eigenvalue weighted by Gasteiger charge is -2.20. The molecule has 130 valence electrons. The van der Waals surface area contributed by atoms with Crippen molar-refractivity contribution in [3.63, 3.8) is 0 Å². The largest absolute Gasteiger partial charge is 0.355 e. The van der Waals surface area contributed by atoms with Crippen molar-refractivity contribution in [3.05, 3.63) is 60.2 Å². The van der Waals surface area contributed by atoms with Crippen LogP contribution in [-0.2, 0) is 4.79 Å². The molecule has 0 bridgehead atoms. The molecule has 1 saturated heterocycles. The zero-order chi connectivity index (χ0) is 17.8. The molecule has 0 radical (unpaired) electrons. The van der Waals surface area contributed by atoms with Crippen molar-refractivity contribution in [1.29, 1.82) is 0 Å². The number of carbonyl (C=O) groups excluding carboxylic acids is 2. The van der Waals surface area contributed by atoms with E-state index in [1.54, 1.807) is 23.9 Å². The van der Waals surface area contributed by atoms with E-state index in [4.69, 9.17) is 0 Å². The second-order valence-corrected chi connectivity index (χ2v) is 6.51. The summed E-state index contributed by atoms with van der Waals surface area (Å²) in [5.41, 5.74) is 2.34. The van der Waals surface area contributed by atoms with Gasteiger partial charge < -0.3 is 15.1 Å². The second-order valence-electron chi connectivity index (χ2n) is 6.51. The molecule has 5 nitrogen and oxygen atoms in total. The van der Waals surface area contributed by atoms with Crippen molar-refractivity contribution in [1.82, 2.24) is 9.80 Å². The molecule has 1 fully saturated rings. The van der Waals surface area contributed by atoms with Gasteiger partial charge in [0.1, 0.15) is 0 Å². The van der Waals surface area contributed by atoms with Gasteiger partial charge in [0.2, 0.25) is 5.91 Å². The molecule has 2 aromatic rings. The Labute approximate surface area is 148 Å². The Kier molecular flexibility index (Phi) is 5.03. The summed E-state index contributed by atoms with van der Waals surface area (Å²) >= 11 is 0. The van der Waals surface area contributed by atoms with Gasteiger partial charge in [-0.25, -0.2) is 0 Å². The first-order valence-corrected chi connectivity index (χ1v) is 8.48. The summed E-state index contributed by atoms with van der Waals surface area (Å²) < 4.78 is 0. The van der Waals surface area contributed by atoms with Gasteiger partial charge in [-0.3, -0.25) is 9.59 Å². The summed E-state index contributed by atoms with van der Waals surface area (Å²) in [6.07, 6.45) is 0.719. The van der Waals surface area contributed by atoms with Crippen LogP contribution < -0.4 is 5.32 Å². The molecule has 5 heteroatoms. The number of likely N-dealkylation sites (tertiary alicyclic amines) is 1. The Morgan fingerprint density at radius 2 is 1.72 bits per heavy atom. The molecule has 0 saturated carbocycles. The lowest BCUT2D eigenvalue weighted by molar-refractivity contribution is -0.132. The van der Waals surface area contributed by atoms with E-state index >= 15 is 0 Å². The molecule has 0 spiro atoms. The molecule has 1 atom stereocenters. The lowest BCUT2D eigenvalue weighted by Crippen LogP contribution is -2.34. The zero-order valence-electron chi connectivity index (χ0n) is 14.6. The van der Waals surface area contributed by atoms with Crippen molar-refractivity contribution >= 4 is 23.2 Å². The molecule has 0 aromatic heterocycles. The smallest absolute Gasteiger partial charge is 0.255 e. The molecule has 1 N–H and O–H groups in total. The van der Waals surface area contributed by atoms with Crippen LogP contribution in [0.1, 0.15) is 16.8 Å². The van der Waals surface area contributed by atoms with Gasteiger partial charge >= 0.3 is 0 Å². The summed E-state index contributed by atoms with van der Waals surface area (Å²) in [7, 11) is 3.51. The maximum atomic E-state index is 13.0. The van der Waals surface area contributed by atoms with E-state index in [1.165, 1.54) is 0 Å². The minimum Gasteiger partial charge on any atom is -0.355 e. The first kappa shape index (κ1) is 17.0. The standard InChI is InChI=1S/C20H23N3O2/c1-22(2)19(24)15-12-13-23(14-15)20(25)17-10-6-7-11-18(17)21-16-8-4-3-5-9-16/h3-11,15,21H,12-14H2,1-2H3. The molecule has 3 rings (SSSR count). The molecular formula is C20H23N3O2. The highest BCUT2D eigenvalue weighted by Gasteiger charge is 2.32. The highest BCUT2D eigenvalue weighted by atomic mass is 16.2. The molecule has 25 heavy (non-hydrogen) atoms. The van der Waals surface area contributed by atoms with Crippen LogP contribution in [0.2, 0.25) is 0 Å². The van der Waals surface area contributed by atoms with Gasteiger partial charge in [0.15, 0.2) is 0 Å². The summed E-state index contributed by atoms with van der Waals surface area (Å²) in [5.74, 6) is -0.0488. The number of anilines is 2. The van der Waals surface area contributed by atoms with Crippen molar-refractivity contribution in [2.45, 2.75) is 6.42 Å². The molecule has 2 aromatic carbocycles. The number of hydrogen-bond acceptors (Lipinski definition) is 3. The fourth-order valence-corrected chi connectivity index (χ4v) is 3.14. The summed E-state index contributed by atoms with van der Waals surface area (Å²) in [5, 5.41) is 3.31. The number of nitrogens with zero attached hydrogens (tertiary/aromatic N) is 2. The van der Waals surface area contributed by atoms with E-state index in [0.717, 1.165) is 17.8 Å². The van der Waals surface area contributed by atoms with Gasteiger partial charge in [-0.1, -0.05) is 30.3 Å². The van der Waals surface area contributed by atoms with Crippen LogP contribution >= 0.6 is 0 Å². The predicted octanol–water partition coefficient (Wildman–Crippen LogP) is 2.98. The monoisotopic (exact) mass is 337 g/mol. The van der Waals surface area contributed by atoms with E-state index < -0.39 is 0 Å². The van der Waals surface area contributed by atoms with Gasteiger partial charge in [-0.2, -0.15) is 0 Å². The molecule has 1 aliphatic heterocycles. The number of para-hydroxylation sites is 2. The molecule has 2 amide bonds. The van der Waals surface area contributed by atoms with E-state index in [9.17, 15) is 9.59 Å². The van der Waals surface area contributed by atoms with Crippen molar-refractivity contribution < 1.29 is 9.59 Å². The second kappa shape index (κ2) is 7.38. The third-order valence-electron chi connectivity index (χ3n) is 4.48. The van der Waals surface area contributed by atoms with E-state index in [0.29, 0.717) is 18.7 Å². The Bertz CT molecular complexity index is 759. The average molecular weight is 337 g/mol.